The number of nitrogens with zero attached hydrogens (tertiary/aromatic N) is 2. The zero-order chi connectivity index (χ0) is 9.84. The second-order valence-electron chi connectivity index (χ2n) is 3.44. The van der Waals surface area contributed by atoms with Gasteiger partial charge in [0.05, 0.1) is 0 Å². The van der Waals surface area contributed by atoms with Crippen LogP contribution in [0.4, 0.5) is 0 Å². The molecule has 0 spiro atoms. The molecule has 0 aliphatic carbocycles. The summed E-state index contributed by atoms with van der Waals surface area (Å²) >= 11 is 0. The number of carbonyl (C=O) groups excluding carboxylic acids is 1. The lowest BCUT2D eigenvalue weighted by atomic mass is 10.4. The summed E-state index contributed by atoms with van der Waals surface area (Å²) in [7, 11) is 0. The summed E-state index contributed by atoms with van der Waals surface area (Å²) in [6.07, 6.45) is 0. The maximum Gasteiger partial charge on any atom is 0.236 e. The molecule has 4 nitrogen and oxygen atoms in total. The Balaban J connectivity index is 2.11. The average molecular weight is 185 g/mol. The lowest BCUT2D eigenvalue weighted by Crippen LogP contribution is -2.30. The van der Waals surface area contributed by atoms with Gasteiger partial charge in [-0.05, 0) is 13.1 Å². The monoisotopic (exact) mass is 185 g/mol. The number of nitrogens with two attached hydrogens (primary N) is 1. The van der Waals surface area contributed by atoms with Gasteiger partial charge in [0, 0.05) is 19.6 Å². The van der Waals surface area contributed by atoms with Crippen molar-refractivity contribution in [1.82, 2.24) is 9.80 Å². The largest absolute Gasteiger partial charge is 0.368 e. The standard InChI is InChI=1S/C9H19N3O/c1-3-11(4-2)5-6-12-7-8(12)9(10)13/h8H,3-7H2,1-2H3,(H2,10,13). The molecule has 1 aliphatic rings. The summed E-state index contributed by atoms with van der Waals surface area (Å²) in [5.74, 6) is -0.181. The first-order chi connectivity index (χ1) is 6.19. The van der Waals surface area contributed by atoms with Crippen molar-refractivity contribution in [3.8, 4) is 0 Å². The Labute approximate surface area is 79.7 Å². The van der Waals surface area contributed by atoms with E-state index in [0.29, 0.717) is 0 Å². The van der Waals surface area contributed by atoms with Crippen molar-refractivity contribution in [2.75, 3.05) is 32.7 Å². The molecule has 1 aliphatic heterocycles. The Morgan fingerprint density at radius 3 is 2.54 bits per heavy atom. The maximum absolute atomic E-state index is 10.7. The van der Waals surface area contributed by atoms with Crippen LogP contribution in [0.5, 0.6) is 0 Å². The van der Waals surface area contributed by atoms with E-state index in [1.54, 1.807) is 0 Å². The molecule has 0 aromatic heterocycles. The quantitative estimate of drug-likeness (QED) is 0.567. The molecule has 1 saturated heterocycles. The lowest BCUT2D eigenvalue weighted by Gasteiger charge is -2.17. The molecular formula is C9H19N3O. The van der Waals surface area contributed by atoms with Crippen molar-refractivity contribution >= 4 is 5.91 Å². The van der Waals surface area contributed by atoms with E-state index in [-0.39, 0.29) is 11.9 Å². The number of carbonyl (C=O) groups is 1. The number of primary amides is 1. The highest BCUT2D eigenvalue weighted by atomic mass is 16.1. The maximum atomic E-state index is 10.7. The second-order valence-corrected chi connectivity index (χ2v) is 3.44. The molecule has 13 heavy (non-hydrogen) atoms. The first kappa shape index (κ1) is 10.5. The number of likely N-dealkylation sites (N-methyl/N-ethyl adjacent to an activating group) is 1. The summed E-state index contributed by atoms with van der Waals surface area (Å²) in [5, 5.41) is 0. The Morgan fingerprint density at radius 1 is 1.54 bits per heavy atom. The van der Waals surface area contributed by atoms with Gasteiger partial charge in [-0.15, -0.1) is 0 Å². The molecule has 0 saturated carbocycles. The minimum Gasteiger partial charge on any atom is -0.368 e. The molecule has 2 N–H and O–H groups in total. The van der Waals surface area contributed by atoms with Gasteiger partial charge in [-0.2, -0.15) is 0 Å². The van der Waals surface area contributed by atoms with Crippen LogP contribution in [0.3, 0.4) is 0 Å². The van der Waals surface area contributed by atoms with E-state index in [2.05, 4.69) is 23.6 Å². The van der Waals surface area contributed by atoms with E-state index in [9.17, 15) is 4.79 Å². The molecular weight excluding hydrogens is 166 g/mol. The zero-order valence-corrected chi connectivity index (χ0v) is 8.49. The van der Waals surface area contributed by atoms with Crippen LogP contribution in [0.15, 0.2) is 0 Å². The minimum absolute atomic E-state index is 0.0237. The molecule has 1 heterocycles. The van der Waals surface area contributed by atoms with Crippen molar-refractivity contribution in [3.05, 3.63) is 0 Å². The van der Waals surface area contributed by atoms with Crippen LogP contribution in [0, 0.1) is 0 Å². The van der Waals surface area contributed by atoms with Gasteiger partial charge < -0.3 is 10.6 Å². The topological polar surface area (TPSA) is 49.3 Å². The van der Waals surface area contributed by atoms with E-state index < -0.39 is 0 Å². The molecule has 76 valence electrons. The molecule has 1 fully saturated rings. The van der Waals surface area contributed by atoms with Gasteiger partial charge in [0.1, 0.15) is 6.04 Å². The molecule has 4 heteroatoms. The van der Waals surface area contributed by atoms with Crippen molar-refractivity contribution in [1.29, 1.82) is 0 Å². The SMILES string of the molecule is CCN(CC)CCN1CC1C(N)=O. The number of amides is 1. The molecule has 0 aromatic rings. The number of rotatable bonds is 6. The van der Waals surface area contributed by atoms with Crippen molar-refractivity contribution in [2.45, 2.75) is 19.9 Å². The highest BCUT2D eigenvalue weighted by Crippen LogP contribution is 2.15. The van der Waals surface area contributed by atoms with Crippen molar-refractivity contribution < 1.29 is 4.79 Å². The first-order valence-corrected chi connectivity index (χ1v) is 4.94. The van der Waals surface area contributed by atoms with Gasteiger partial charge in [-0.25, -0.2) is 0 Å². The van der Waals surface area contributed by atoms with Crippen LogP contribution in [0.1, 0.15) is 13.8 Å². The molecule has 2 unspecified atom stereocenters. The van der Waals surface area contributed by atoms with E-state index in [4.69, 9.17) is 5.73 Å². The van der Waals surface area contributed by atoms with Crippen LogP contribution in [-0.2, 0) is 4.79 Å². The van der Waals surface area contributed by atoms with Gasteiger partial charge in [0.25, 0.3) is 0 Å². The van der Waals surface area contributed by atoms with Gasteiger partial charge in [-0.1, -0.05) is 13.8 Å². The fourth-order valence-electron chi connectivity index (χ4n) is 1.50. The second kappa shape index (κ2) is 4.58. The van der Waals surface area contributed by atoms with Crippen LogP contribution >= 0.6 is 0 Å². The lowest BCUT2D eigenvalue weighted by molar-refractivity contribution is -0.118. The molecule has 0 aromatic carbocycles. The highest BCUT2D eigenvalue weighted by molar-refractivity contribution is 5.82. The smallest absolute Gasteiger partial charge is 0.236 e. The highest BCUT2D eigenvalue weighted by Gasteiger charge is 2.38. The minimum atomic E-state index is -0.181. The van der Waals surface area contributed by atoms with E-state index >= 15 is 0 Å². The summed E-state index contributed by atoms with van der Waals surface area (Å²) in [6.45, 7) is 9.31. The zero-order valence-electron chi connectivity index (χ0n) is 8.49. The average Bonchev–Trinajstić information content (AvgIpc) is 2.86. The summed E-state index contributed by atoms with van der Waals surface area (Å²) in [5.41, 5.74) is 5.17. The fraction of sp³-hybridized carbons (Fsp3) is 0.889. The molecule has 0 bridgehead atoms. The van der Waals surface area contributed by atoms with Gasteiger partial charge in [0.15, 0.2) is 0 Å². The van der Waals surface area contributed by atoms with E-state index in [1.165, 1.54) is 0 Å². The van der Waals surface area contributed by atoms with E-state index in [1.807, 2.05) is 0 Å². The van der Waals surface area contributed by atoms with Crippen molar-refractivity contribution in [2.24, 2.45) is 5.73 Å². The third-order valence-corrected chi connectivity index (χ3v) is 2.64. The number of hydrogen-bond donors (Lipinski definition) is 1. The van der Waals surface area contributed by atoms with Crippen LogP contribution in [-0.4, -0.2) is 54.5 Å². The number of hydrogen-bond acceptors (Lipinski definition) is 3. The summed E-state index contributed by atoms with van der Waals surface area (Å²) in [6, 6.07) is 0.0237. The molecule has 1 amide bonds. The Morgan fingerprint density at radius 2 is 2.15 bits per heavy atom. The fourth-order valence-corrected chi connectivity index (χ4v) is 1.50. The third kappa shape index (κ3) is 2.97. The molecule has 2 atom stereocenters. The summed E-state index contributed by atoms with van der Waals surface area (Å²) in [4.78, 5) is 15.2. The van der Waals surface area contributed by atoms with Crippen LogP contribution in [0.25, 0.3) is 0 Å². The first-order valence-electron chi connectivity index (χ1n) is 4.94. The summed E-state index contributed by atoms with van der Waals surface area (Å²) < 4.78 is 0. The van der Waals surface area contributed by atoms with Gasteiger partial charge in [0.2, 0.25) is 5.91 Å². The predicted octanol–water partition coefficient (Wildman–Crippen LogP) is -0.502. The van der Waals surface area contributed by atoms with E-state index in [0.717, 1.165) is 32.7 Å². The third-order valence-electron chi connectivity index (χ3n) is 2.64. The Hall–Kier alpha value is -0.610. The molecule has 0 radical (unpaired) electrons. The normalized spacial score (nSPS) is 26.4. The van der Waals surface area contributed by atoms with Gasteiger partial charge >= 0.3 is 0 Å². The molecule has 1 rings (SSSR count). The Bertz CT molecular complexity index is 180. The predicted molar refractivity (Wildman–Crippen MR) is 52.3 cm³/mol. The Kier molecular flexibility index (Phi) is 3.69. The van der Waals surface area contributed by atoms with Gasteiger partial charge in [-0.3, -0.25) is 9.69 Å². The van der Waals surface area contributed by atoms with Crippen LogP contribution in [0.2, 0.25) is 0 Å². The van der Waals surface area contributed by atoms with Crippen molar-refractivity contribution in [3.63, 3.8) is 0 Å². The van der Waals surface area contributed by atoms with Crippen LogP contribution < -0.4 is 5.73 Å².